The lowest BCUT2D eigenvalue weighted by atomic mass is 10.3. The number of anilines is 1. The average Bonchev–Trinajstić information content (AvgIpc) is 2.30. The van der Waals surface area contributed by atoms with Crippen LogP contribution in [0.3, 0.4) is 0 Å². The van der Waals surface area contributed by atoms with Gasteiger partial charge in [-0.2, -0.15) is 0 Å². The van der Waals surface area contributed by atoms with E-state index in [2.05, 4.69) is 0 Å². The van der Waals surface area contributed by atoms with Gasteiger partial charge in [-0.15, -0.1) is 0 Å². The van der Waals surface area contributed by atoms with Crippen LogP contribution < -0.4 is 10.0 Å². The van der Waals surface area contributed by atoms with E-state index in [4.69, 9.17) is 28.9 Å². The molecule has 0 atom stereocenters. The van der Waals surface area contributed by atoms with E-state index in [-0.39, 0.29) is 21.5 Å². The molecule has 0 saturated carbocycles. The Labute approximate surface area is 116 Å². The summed E-state index contributed by atoms with van der Waals surface area (Å²) in [6.45, 7) is 0.984. The smallest absolute Gasteiger partial charge is 0.238 e. The molecule has 0 unspecified atom stereocenters. The molecule has 0 aliphatic heterocycles. The molecule has 0 aliphatic carbocycles. The van der Waals surface area contributed by atoms with E-state index in [1.165, 1.54) is 19.1 Å². The Kier molecular flexibility index (Phi) is 4.84. The van der Waals surface area contributed by atoms with Crippen molar-refractivity contribution in [2.75, 3.05) is 16.6 Å². The number of rotatable bonds is 5. The van der Waals surface area contributed by atoms with Crippen LogP contribution in [0.2, 0.25) is 10.0 Å². The molecule has 1 aromatic rings. The van der Waals surface area contributed by atoms with Crippen molar-refractivity contribution >= 4 is 44.8 Å². The summed E-state index contributed by atoms with van der Waals surface area (Å²) in [5.74, 6) is -0.952. The molecular formula is C10H12Cl2N2O3S. The van der Waals surface area contributed by atoms with Crippen LogP contribution in [-0.2, 0) is 14.8 Å². The first-order chi connectivity index (χ1) is 8.29. The van der Waals surface area contributed by atoms with Crippen LogP contribution in [0, 0.1) is 0 Å². The number of amides is 1. The van der Waals surface area contributed by atoms with Crippen molar-refractivity contribution in [2.24, 2.45) is 5.73 Å². The topological polar surface area (TPSA) is 80.5 Å². The Balaban J connectivity index is 3.35. The van der Waals surface area contributed by atoms with Crippen LogP contribution in [0.1, 0.15) is 6.92 Å². The molecular weight excluding hydrogens is 299 g/mol. The zero-order valence-corrected chi connectivity index (χ0v) is 11.9. The zero-order chi connectivity index (χ0) is 13.9. The van der Waals surface area contributed by atoms with Crippen molar-refractivity contribution < 1.29 is 13.2 Å². The minimum atomic E-state index is -3.66. The molecule has 0 bridgehead atoms. The lowest BCUT2D eigenvalue weighted by Gasteiger charge is -2.23. The van der Waals surface area contributed by atoms with Crippen LogP contribution in [0.25, 0.3) is 0 Å². The molecule has 1 rings (SSSR count). The maximum atomic E-state index is 11.9. The zero-order valence-electron chi connectivity index (χ0n) is 9.56. The lowest BCUT2D eigenvalue weighted by molar-refractivity contribution is -0.116. The standard InChI is InChI=1S/C10H12Cl2N2O3S/c1-2-18(16,17)14(6-9(13)15)8-5-3-4-7(11)10(8)12/h3-5H,2,6H2,1H3,(H2,13,15). The molecule has 0 spiro atoms. The predicted molar refractivity (Wildman–Crippen MR) is 72.5 cm³/mol. The van der Waals surface area contributed by atoms with Crippen LogP contribution in [0.4, 0.5) is 5.69 Å². The van der Waals surface area contributed by atoms with Crippen molar-refractivity contribution in [2.45, 2.75) is 6.92 Å². The first-order valence-electron chi connectivity index (χ1n) is 5.02. The lowest BCUT2D eigenvalue weighted by Crippen LogP contribution is -2.39. The van der Waals surface area contributed by atoms with Gasteiger partial charge >= 0.3 is 0 Å². The number of carbonyl (C=O) groups is 1. The van der Waals surface area contributed by atoms with Gasteiger partial charge in [0.05, 0.1) is 21.5 Å². The Morgan fingerprint density at radius 1 is 1.39 bits per heavy atom. The maximum absolute atomic E-state index is 11.9. The second-order valence-electron chi connectivity index (χ2n) is 3.45. The van der Waals surface area contributed by atoms with Gasteiger partial charge in [-0.3, -0.25) is 9.10 Å². The van der Waals surface area contributed by atoms with Crippen LogP contribution in [0.5, 0.6) is 0 Å². The van der Waals surface area contributed by atoms with Gasteiger partial charge in [0.2, 0.25) is 15.9 Å². The molecule has 0 aliphatic rings. The van der Waals surface area contributed by atoms with Gasteiger partial charge in [0, 0.05) is 0 Å². The second-order valence-corrected chi connectivity index (χ2v) is 6.41. The van der Waals surface area contributed by atoms with E-state index in [9.17, 15) is 13.2 Å². The number of nitrogens with two attached hydrogens (primary N) is 1. The summed E-state index contributed by atoms with van der Waals surface area (Å²) in [7, 11) is -3.66. The van der Waals surface area contributed by atoms with Crippen molar-refractivity contribution in [1.29, 1.82) is 0 Å². The number of primary amides is 1. The summed E-state index contributed by atoms with van der Waals surface area (Å²) in [6.07, 6.45) is 0. The molecule has 0 fully saturated rings. The second kappa shape index (κ2) is 5.77. The highest BCUT2D eigenvalue weighted by Crippen LogP contribution is 2.33. The molecule has 1 aromatic carbocycles. The molecule has 0 saturated heterocycles. The predicted octanol–water partition coefficient (Wildman–Crippen LogP) is 1.63. The number of sulfonamides is 1. The fraction of sp³-hybridized carbons (Fsp3) is 0.300. The highest BCUT2D eigenvalue weighted by molar-refractivity contribution is 7.92. The number of benzene rings is 1. The molecule has 2 N–H and O–H groups in total. The molecule has 0 radical (unpaired) electrons. The number of hydrogen-bond donors (Lipinski definition) is 1. The quantitative estimate of drug-likeness (QED) is 0.897. The van der Waals surface area contributed by atoms with E-state index in [1.807, 2.05) is 0 Å². The van der Waals surface area contributed by atoms with E-state index in [0.717, 1.165) is 4.31 Å². The number of carbonyl (C=O) groups excluding carboxylic acids is 1. The molecule has 1 amide bonds. The molecule has 8 heteroatoms. The maximum Gasteiger partial charge on any atom is 0.238 e. The third kappa shape index (κ3) is 3.28. The monoisotopic (exact) mass is 310 g/mol. The first-order valence-corrected chi connectivity index (χ1v) is 7.38. The minimum absolute atomic E-state index is 0.0671. The average molecular weight is 311 g/mol. The Morgan fingerprint density at radius 2 is 2.00 bits per heavy atom. The Morgan fingerprint density at radius 3 is 2.50 bits per heavy atom. The van der Waals surface area contributed by atoms with E-state index in [0.29, 0.717) is 0 Å². The normalized spacial score (nSPS) is 11.3. The van der Waals surface area contributed by atoms with E-state index in [1.54, 1.807) is 6.07 Å². The summed E-state index contributed by atoms with van der Waals surface area (Å²) in [5.41, 5.74) is 5.19. The molecule has 0 heterocycles. The Bertz CT molecular complexity index is 560. The summed E-state index contributed by atoms with van der Waals surface area (Å²) in [6, 6.07) is 4.53. The van der Waals surface area contributed by atoms with Crippen molar-refractivity contribution in [3.8, 4) is 0 Å². The number of nitrogens with zero attached hydrogens (tertiary/aromatic N) is 1. The fourth-order valence-corrected chi connectivity index (χ4v) is 2.85. The first kappa shape index (κ1) is 15.1. The number of hydrogen-bond acceptors (Lipinski definition) is 3. The van der Waals surface area contributed by atoms with Crippen molar-refractivity contribution in [1.82, 2.24) is 0 Å². The Hall–Kier alpha value is -0.980. The van der Waals surface area contributed by atoms with Crippen LogP contribution in [0.15, 0.2) is 18.2 Å². The number of halogens is 2. The summed E-state index contributed by atoms with van der Waals surface area (Å²) in [5, 5.41) is 0.271. The third-order valence-electron chi connectivity index (χ3n) is 2.20. The van der Waals surface area contributed by atoms with Gasteiger partial charge in [0.1, 0.15) is 6.54 Å². The summed E-state index contributed by atoms with van der Waals surface area (Å²) < 4.78 is 24.7. The van der Waals surface area contributed by atoms with Gasteiger partial charge in [-0.05, 0) is 19.1 Å². The fourth-order valence-electron chi connectivity index (χ4n) is 1.32. The third-order valence-corrected chi connectivity index (χ3v) is 4.74. The molecule has 18 heavy (non-hydrogen) atoms. The van der Waals surface area contributed by atoms with Crippen LogP contribution >= 0.6 is 23.2 Å². The summed E-state index contributed by atoms with van der Waals surface area (Å²) >= 11 is 11.8. The minimum Gasteiger partial charge on any atom is -0.368 e. The summed E-state index contributed by atoms with van der Waals surface area (Å²) in [4.78, 5) is 11.0. The van der Waals surface area contributed by atoms with Gasteiger partial charge in [0.25, 0.3) is 0 Å². The van der Waals surface area contributed by atoms with Crippen LogP contribution in [-0.4, -0.2) is 26.6 Å². The highest BCUT2D eigenvalue weighted by Gasteiger charge is 2.25. The highest BCUT2D eigenvalue weighted by atomic mass is 35.5. The van der Waals surface area contributed by atoms with Crippen molar-refractivity contribution in [3.05, 3.63) is 28.2 Å². The van der Waals surface area contributed by atoms with E-state index < -0.39 is 22.5 Å². The van der Waals surface area contributed by atoms with Gasteiger partial charge in [-0.25, -0.2) is 8.42 Å². The molecule has 5 nitrogen and oxygen atoms in total. The van der Waals surface area contributed by atoms with E-state index >= 15 is 0 Å². The van der Waals surface area contributed by atoms with Gasteiger partial charge in [-0.1, -0.05) is 29.3 Å². The SMILES string of the molecule is CCS(=O)(=O)N(CC(N)=O)c1cccc(Cl)c1Cl. The van der Waals surface area contributed by atoms with Gasteiger partial charge < -0.3 is 5.73 Å². The van der Waals surface area contributed by atoms with Crippen molar-refractivity contribution in [3.63, 3.8) is 0 Å². The largest absolute Gasteiger partial charge is 0.368 e. The van der Waals surface area contributed by atoms with Gasteiger partial charge in [0.15, 0.2) is 0 Å². The molecule has 0 aromatic heterocycles. The molecule has 100 valence electrons.